The van der Waals surface area contributed by atoms with E-state index in [-0.39, 0.29) is 6.54 Å². The number of amides is 1. The fourth-order valence-electron chi connectivity index (χ4n) is 1.66. The monoisotopic (exact) mass is 322 g/mol. The van der Waals surface area contributed by atoms with E-state index < -0.39 is 18.0 Å². The lowest BCUT2D eigenvalue weighted by molar-refractivity contribution is -0.144. The number of ether oxygens (including phenoxy) is 1. The van der Waals surface area contributed by atoms with E-state index in [2.05, 4.69) is 5.32 Å². The molecule has 5 nitrogen and oxygen atoms in total. The molecule has 7 heteroatoms. The molecule has 1 aromatic heterocycles. The van der Waals surface area contributed by atoms with E-state index in [0.29, 0.717) is 9.90 Å². The lowest BCUT2D eigenvalue weighted by Crippen LogP contribution is -2.31. The van der Waals surface area contributed by atoms with Crippen LogP contribution in [0.5, 0.6) is 0 Å². The highest BCUT2D eigenvalue weighted by atomic mass is 35.5. The summed E-state index contributed by atoms with van der Waals surface area (Å²) in [7, 11) is 0. The topological polar surface area (TPSA) is 79.2 Å². The van der Waals surface area contributed by atoms with Gasteiger partial charge in [0.05, 0.1) is 5.02 Å². The Morgan fingerprint density at radius 2 is 2.19 bits per heavy atom. The molecule has 1 heterocycles. The van der Waals surface area contributed by atoms with Crippen LogP contribution in [-0.4, -0.2) is 24.5 Å². The molecule has 0 bridgehead atoms. The van der Waals surface area contributed by atoms with Gasteiger partial charge in [-0.1, -0.05) is 29.8 Å². The minimum Gasteiger partial charge on any atom is -0.446 e. The average Bonchev–Trinajstić information content (AvgIpc) is 2.82. The van der Waals surface area contributed by atoms with Gasteiger partial charge in [0.25, 0.3) is 5.91 Å². The Kier molecular flexibility index (Phi) is 4.78. The van der Waals surface area contributed by atoms with Gasteiger partial charge in [0.2, 0.25) is 0 Å². The van der Waals surface area contributed by atoms with Crippen molar-refractivity contribution in [1.29, 1.82) is 5.26 Å². The molecule has 1 amide bonds. The molecule has 0 unspecified atom stereocenters. The Labute approximate surface area is 130 Å². The van der Waals surface area contributed by atoms with E-state index in [0.717, 1.165) is 10.1 Å². The summed E-state index contributed by atoms with van der Waals surface area (Å²) in [6.45, 7) is 1.14. The number of rotatable bonds is 4. The Bertz CT molecular complexity index is 735. The first kappa shape index (κ1) is 15.3. The maximum Gasteiger partial charge on any atom is 0.326 e. The normalized spacial score (nSPS) is 11.7. The minimum atomic E-state index is -0.845. The highest BCUT2D eigenvalue weighted by Gasteiger charge is 2.18. The van der Waals surface area contributed by atoms with Crippen LogP contribution in [0.4, 0.5) is 0 Å². The van der Waals surface area contributed by atoms with Crippen LogP contribution in [0.25, 0.3) is 10.1 Å². The summed E-state index contributed by atoms with van der Waals surface area (Å²) in [5.74, 6) is -1.11. The van der Waals surface area contributed by atoms with Gasteiger partial charge in [-0.2, -0.15) is 5.26 Å². The summed E-state index contributed by atoms with van der Waals surface area (Å²) in [5.41, 5.74) is 0. The van der Waals surface area contributed by atoms with Gasteiger partial charge >= 0.3 is 5.97 Å². The number of carbonyl (C=O) groups is 2. The number of nitrogens with zero attached hydrogens (tertiary/aromatic N) is 1. The number of halogens is 1. The molecule has 0 aliphatic carbocycles. The minimum absolute atomic E-state index is 0.310. The van der Waals surface area contributed by atoms with Crippen LogP contribution in [0.2, 0.25) is 5.02 Å². The smallest absolute Gasteiger partial charge is 0.326 e. The first-order valence-corrected chi connectivity index (χ1v) is 7.26. The fraction of sp³-hybridized carbons (Fsp3) is 0.214. The van der Waals surface area contributed by atoms with Gasteiger partial charge in [0.15, 0.2) is 6.10 Å². The van der Waals surface area contributed by atoms with E-state index in [9.17, 15) is 9.59 Å². The third-order valence-electron chi connectivity index (χ3n) is 2.62. The number of thiophene rings is 1. The van der Waals surface area contributed by atoms with Crippen molar-refractivity contribution < 1.29 is 14.3 Å². The summed E-state index contributed by atoms with van der Waals surface area (Å²) in [4.78, 5) is 23.8. The molecular weight excluding hydrogens is 312 g/mol. The van der Waals surface area contributed by atoms with Gasteiger partial charge in [0.1, 0.15) is 17.5 Å². The van der Waals surface area contributed by atoms with E-state index in [4.69, 9.17) is 21.6 Å². The van der Waals surface area contributed by atoms with Crippen LogP contribution in [0, 0.1) is 11.3 Å². The van der Waals surface area contributed by atoms with Crippen molar-refractivity contribution in [3.8, 4) is 6.07 Å². The van der Waals surface area contributed by atoms with Gasteiger partial charge in [-0.25, -0.2) is 0 Å². The van der Waals surface area contributed by atoms with Crippen molar-refractivity contribution in [2.75, 3.05) is 6.54 Å². The van der Waals surface area contributed by atoms with Crippen LogP contribution in [-0.2, 0) is 9.53 Å². The third kappa shape index (κ3) is 3.51. The van der Waals surface area contributed by atoms with E-state index >= 15 is 0 Å². The Hall–Kier alpha value is -2.10. The molecule has 0 aliphatic heterocycles. The number of hydrogen-bond acceptors (Lipinski definition) is 5. The number of esters is 1. The Balaban J connectivity index is 2.04. The second-order valence-corrected chi connectivity index (χ2v) is 5.62. The zero-order valence-electron chi connectivity index (χ0n) is 11.1. The molecule has 1 atom stereocenters. The number of nitrogens with one attached hydrogen (secondary N) is 1. The molecule has 1 N–H and O–H groups in total. The zero-order chi connectivity index (χ0) is 15.4. The van der Waals surface area contributed by atoms with Gasteiger partial charge in [-0.15, -0.1) is 11.3 Å². The highest BCUT2D eigenvalue weighted by molar-refractivity contribution is 7.21. The predicted molar refractivity (Wildman–Crippen MR) is 80.3 cm³/mol. The maximum absolute atomic E-state index is 12.0. The Morgan fingerprint density at radius 3 is 2.86 bits per heavy atom. The third-order valence-corrected chi connectivity index (χ3v) is 4.30. The summed E-state index contributed by atoms with van der Waals surface area (Å²) in [6, 6.07) is 9.16. The SMILES string of the molecule is C[C@H](C#N)OC(=O)CNC(=O)c1sc2ccccc2c1Cl. The van der Waals surface area contributed by atoms with Gasteiger partial charge in [-0.3, -0.25) is 9.59 Å². The molecule has 2 aromatic rings. The summed E-state index contributed by atoms with van der Waals surface area (Å²) < 4.78 is 5.63. The van der Waals surface area contributed by atoms with E-state index in [1.165, 1.54) is 18.3 Å². The van der Waals surface area contributed by atoms with Gasteiger partial charge < -0.3 is 10.1 Å². The summed E-state index contributed by atoms with van der Waals surface area (Å²) in [5, 5.41) is 12.1. The Morgan fingerprint density at radius 1 is 1.48 bits per heavy atom. The quantitative estimate of drug-likeness (QED) is 0.878. The van der Waals surface area contributed by atoms with Crippen LogP contribution in [0.1, 0.15) is 16.6 Å². The van der Waals surface area contributed by atoms with Crippen molar-refractivity contribution in [3.63, 3.8) is 0 Å². The number of nitriles is 1. The van der Waals surface area contributed by atoms with E-state index in [1.807, 2.05) is 24.3 Å². The van der Waals surface area contributed by atoms with Crippen molar-refractivity contribution in [2.45, 2.75) is 13.0 Å². The van der Waals surface area contributed by atoms with Crippen LogP contribution in [0.3, 0.4) is 0 Å². The second kappa shape index (κ2) is 6.57. The molecule has 0 aliphatic rings. The lowest BCUT2D eigenvalue weighted by atomic mass is 10.2. The van der Waals surface area contributed by atoms with Crippen LogP contribution >= 0.6 is 22.9 Å². The van der Waals surface area contributed by atoms with Crippen molar-refractivity contribution in [1.82, 2.24) is 5.32 Å². The number of hydrogen-bond donors (Lipinski definition) is 1. The largest absolute Gasteiger partial charge is 0.446 e. The first-order chi connectivity index (χ1) is 10.0. The number of fused-ring (bicyclic) bond motifs is 1. The van der Waals surface area contributed by atoms with Gasteiger partial charge in [0, 0.05) is 10.1 Å². The summed E-state index contributed by atoms with van der Waals surface area (Å²) in [6.07, 6.45) is -0.845. The van der Waals surface area contributed by atoms with Crippen LogP contribution < -0.4 is 5.32 Å². The highest BCUT2D eigenvalue weighted by Crippen LogP contribution is 2.34. The zero-order valence-corrected chi connectivity index (χ0v) is 12.6. The lowest BCUT2D eigenvalue weighted by Gasteiger charge is -2.06. The maximum atomic E-state index is 12.0. The molecule has 0 saturated carbocycles. The van der Waals surface area contributed by atoms with Crippen molar-refractivity contribution in [3.05, 3.63) is 34.2 Å². The molecule has 108 valence electrons. The van der Waals surface area contributed by atoms with Crippen molar-refractivity contribution in [2.24, 2.45) is 0 Å². The molecule has 0 saturated heterocycles. The molecule has 21 heavy (non-hydrogen) atoms. The van der Waals surface area contributed by atoms with E-state index in [1.54, 1.807) is 6.07 Å². The predicted octanol–water partition coefficient (Wildman–Crippen LogP) is 2.74. The molecule has 2 rings (SSSR count). The standard InChI is InChI=1S/C14H11ClN2O3S/c1-8(6-16)20-11(18)7-17-14(19)13-12(15)9-4-2-3-5-10(9)21-13/h2-5,8H,7H2,1H3,(H,17,19)/t8-/m1/s1. The van der Waals surface area contributed by atoms with Crippen molar-refractivity contribution >= 4 is 44.9 Å². The molecular formula is C14H11ClN2O3S. The first-order valence-electron chi connectivity index (χ1n) is 6.07. The van der Waals surface area contributed by atoms with Crippen LogP contribution in [0.15, 0.2) is 24.3 Å². The molecule has 0 fully saturated rings. The second-order valence-electron chi connectivity index (χ2n) is 4.19. The number of carbonyl (C=O) groups excluding carboxylic acids is 2. The molecule has 0 radical (unpaired) electrons. The number of benzene rings is 1. The average molecular weight is 323 g/mol. The summed E-state index contributed by atoms with van der Waals surface area (Å²) >= 11 is 7.42. The molecule has 0 spiro atoms. The van der Waals surface area contributed by atoms with Gasteiger partial charge in [-0.05, 0) is 13.0 Å². The molecule has 1 aromatic carbocycles. The fourth-order valence-corrected chi connectivity index (χ4v) is 3.09.